The normalized spacial score (nSPS) is 58.4. The van der Waals surface area contributed by atoms with Crippen LogP contribution in [0.25, 0.3) is 0 Å². The standard InChI is InChI=1S/C24H34O3/c1-21(2)13-7-9-23(21,5)18-12(13)11-15(26-18)17-16-14-8-10-24(6,22(14,3)4)19(16)27-20(17)25/h12-14,16,18-19H,7-11H2,1-6H3/b17-15+/t12-,13-,14-,16+,18-,19-,23+,24+/m1/s1. The maximum absolute atomic E-state index is 13.0. The minimum absolute atomic E-state index is 0.0639. The van der Waals surface area contributed by atoms with Crippen LogP contribution in [-0.4, -0.2) is 18.2 Å². The fraction of sp³-hybridized carbons (Fsp3) is 0.875. The number of carbonyl (C=O) groups is 1. The summed E-state index contributed by atoms with van der Waals surface area (Å²) >= 11 is 0. The fourth-order valence-electron chi connectivity index (χ4n) is 9.04. The lowest BCUT2D eigenvalue weighted by Gasteiger charge is -2.38. The summed E-state index contributed by atoms with van der Waals surface area (Å²) in [5, 5.41) is 0. The van der Waals surface area contributed by atoms with Crippen LogP contribution in [0.5, 0.6) is 0 Å². The van der Waals surface area contributed by atoms with Crippen LogP contribution in [0.1, 0.15) is 73.6 Å². The third-order valence-corrected chi connectivity index (χ3v) is 11.4. The summed E-state index contributed by atoms with van der Waals surface area (Å²) < 4.78 is 12.8. The first-order chi connectivity index (χ1) is 12.5. The summed E-state index contributed by atoms with van der Waals surface area (Å²) in [6, 6.07) is 0. The van der Waals surface area contributed by atoms with Crippen LogP contribution >= 0.6 is 0 Å². The molecule has 4 bridgehead atoms. The predicted molar refractivity (Wildman–Crippen MR) is 103 cm³/mol. The molecule has 8 atom stereocenters. The third kappa shape index (κ3) is 1.53. The lowest BCUT2D eigenvalue weighted by Crippen LogP contribution is -2.37. The molecule has 0 amide bonds. The summed E-state index contributed by atoms with van der Waals surface area (Å²) in [5.41, 5.74) is 1.88. The van der Waals surface area contributed by atoms with Crippen molar-refractivity contribution in [1.29, 1.82) is 0 Å². The number of ether oxygens (including phenoxy) is 2. The second-order valence-corrected chi connectivity index (χ2v) is 12.2. The molecule has 0 aromatic heterocycles. The Morgan fingerprint density at radius 1 is 0.815 bits per heavy atom. The maximum atomic E-state index is 13.0. The topological polar surface area (TPSA) is 35.5 Å². The first-order valence-electron chi connectivity index (χ1n) is 11.1. The molecular formula is C24H34O3. The van der Waals surface area contributed by atoms with E-state index in [2.05, 4.69) is 41.5 Å². The summed E-state index contributed by atoms with van der Waals surface area (Å²) in [6.07, 6.45) is 6.31. The monoisotopic (exact) mass is 370 g/mol. The van der Waals surface area contributed by atoms with Crippen LogP contribution in [0.15, 0.2) is 11.3 Å². The van der Waals surface area contributed by atoms with Crippen molar-refractivity contribution in [3.05, 3.63) is 11.3 Å². The van der Waals surface area contributed by atoms with Gasteiger partial charge in [0.2, 0.25) is 0 Å². The Morgan fingerprint density at radius 3 is 2.07 bits per heavy atom. The van der Waals surface area contributed by atoms with Crippen molar-refractivity contribution in [3.63, 3.8) is 0 Å². The lowest BCUT2D eigenvalue weighted by molar-refractivity contribution is -0.145. The summed E-state index contributed by atoms with van der Waals surface area (Å²) in [5.74, 6) is 3.09. The molecular weight excluding hydrogens is 336 g/mol. The Kier molecular flexibility index (Phi) is 2.78. The minimum Gasteiger partial charge on any atom is -0.493 e. The Bertz CT molecular complexity index is 791. The first kappa shape index (κ1) is 16.9. The van der Waals surface area contributed by atoms with Gasteiger partial charge in [0, 0.05) is 29.1 Å². The molecule has 2 saturated heterocycles. The number of allylic oxidation sites excluding steroid dienone is 1. The molecule has 4 aliphatic carbocycles. The highest BCUT2D eigenvalue weighted by Gasteiger charge is 2.73. The van der Waals surface area contributed by atoms with Gasteiger partial charge in [-0.1, -0.05) is 41.5 Å². The molecule has 3 heteroatoms. The van der Waals surface area contributed by atoms with Gasteiger partial charge in [-0.3, -0.25) is 0 Å². The van der Waals surface area contributed by atoms with Crippen molar-refractivity contribution in [2.75, 3.05) is 0 Å². The van der Waals surface area contributed by atoms with Crippen LogP contribution < -0.4 is 0 Å². The van der Waals surface area contributed by atoms with Gasteiger partial charge in [0.05, 0.1) is 5.57 Å². The van der Waals surface area contributed by atoms with E-state index < -0.39 is 0 Å². The molecule has 0 aromatic rings. The SMILES string of the molecule is CC1(C)[C@@H]2CC[C@@]1(C)[C@@H]1O/C(=C3/C(=O)O[C@@H]4[C@H]3[C@H]3CC[C@]4(C)C3(C)C)C[C@H]21. The number of rotatable bonds is 0. The maximum Gasteiger partial charge on any atom is 0.338 e. The zero-order valence-electron chi connectivity index (χ0n) is 17.7. The van der Waals surface area contributed by atoms with E-state index in [0.29, 0.717) is 23.4 Å². The Balaban J connectivity index is 1.41. The second-order valence-electron chi connectivity index (χ2n) is 12.2. The number of carbonyl (C=O) groups excluding carboxylic acids is 1. The highest BCUT2D eigenvalue weighted by Crippen LogP contribution is 2.74. The van der Waals surface area contributed by atoms with Gasteiger partial charge in [0.15, 0.2) is 0 Å². The molecule has 2 aliphatic heterocycles. The molecule has 148 valence electrons. The molecule has 27 heavy (non-hydrogen) atoms. The molecule has 0 radical (unpaired) electrons. The van der Waals surface area contributed by atoms with Crippen LogP contribution in [0.3, 0.4) is 0 Å². The average Bonchev–Trinajstić information content (AvgIpc) is 3.31. The molecule has 4 saturated carbocycles. The fourth-order valence-corrected chi connectivity index (χ4v) is 9.04. The number of esters is 1. The second kappa shape index (κ2) is 4.44. The summed E-state index contributed by atoms with van der Waals surface area (Å²) in [6.45, 7) is 14.5. The Hall–Kier alpha value is -0.990. The zero-order valence-corrected chi connectivity index (χ0v) is 17.7. The van der Waals surface area contributed by atoms with E-state index in [1.165, 1.54) is 25.7 Å². The molecule has 0 spiro atoms. The Morgan fingerprint density at radius 2 is 1.41 bits per heavy atom. The van der Waals surface area contributed by atoms with E-state index >= 15 is 0 Å². The van der Waals surface area contributed by atoms with Crippen molar-refractivity contribution in [2.45, 2.75) is 85.9 Å². The van der Waals surface area contributed by atoms with Crippen LogP contribution in [0.4, 0.5) is 0 Å². The van der Waals surface area contributed by atoms with Gasteiger partial charge in [0.25, 0.3) is 0 Å². The minimum atomic E-state index is -0.0645. The van der Waals surface area contributed by atoms with E-state index in [9.17, 15) is 4.79 Å². The van der Waals surface area contributed by atoms with Crippen molar-refractivity contribution in [3.8, 4) is 0 Å². The molecule has 0 unspecified atom stereocenters. The smallest absolute Gasteiger partial charge is 0.338 e. The van der Waals surface area contributed by atoms with E-state index in [1.807, 2.05) is 0 Å². The lowest BCUT2D eigenvalue weighted by atomic mass is 9.70. The molecule has 6 aliphatic rings. The molecule has 3 nitrogen and oxygen atoms in total. The summed E-state index contributed by atoms with van der Waals surface area (Å²) in [7, 11) is 0. The third-order valence-electron chi connectivity index (χ3n) is 11.4. The number of fused-ring (bicyclic) bond motifs is 10. The van der Waals surface area contributed by atoms with Crippen molar-refractivity contribution in [2.24, 2.45) is 45.3 Å². The molecule has 6 fully saturated rings. The van der Waals surface area contributed by atoms with Crippen LogP contribution in [0.2, 0.25) is 0 Å². The van der Waals surface area contributed by atoms with Crippen LogP contribution in [-0.2, 0) is 14.3 Å². The predicted octanol–water partition coefficient (Wildman–Crippen LogP) is 5.10. The summed E-state index contributed by atoms with van der Waals surface area (Å²) in [4.78, 5) is 13.0. The van der Waals surface area contributed by atoms with Gasteiger partial charge < -0.3 is 9.47 Å². The van der Waals surface area contributed by atoms with Gasteiger partial charge in [-0.15, -0.1) is 0 Å². The van der Waals surface area contributed by atoms with Gasteiger partial charge >= 0.3 is 5.97 Å². The molecule has 6 rings (SSSR count). The quantitative estimate of drug-likeness (QED) is 0.440. The number of hydrogen-bond donors (Lipinski definition) is 0. The first-order valence-corrected chi connectivity index (χ1v) is 11.1. The largest absolute Gasteiger partial charge is 0.493 e. The van der Waals surface area contributed by atoms with E-state index in [0.717, 1.165) is 23.7 Å². The zero-order chi connectivity index (χ0) is 19.1. The van der Waals surface area contributed by atoms with Crippen LogP contribution in [0, 0.1) is 45.3 Å². The van der Waals surface area contributed by atoms with Crippen molar-refractivity contribution in [1.82, 2.24) is 0 Å². The van der Waals surface area contributed by atoms with Gasteiger partial charge in [-0.25, -0.2) is 4.79 Å². The average molecular weight is 371 g/mol. The van der Waals surface area contributed by atoms with E-state index in [4.69, 9.17) is 9.47 Å². The van der Waals surface area contributed by atoms with E-state index in [1.54, 1.807) is 0 Å². The molecule has 0 N–H and O–H groups in total. The van der Waals surface area contributed by atoms with Crippen molar-refractivity contribution >= 4 is 5.97 Å². The highest BCUT2D eigenvalue weighted by atomic mass is 16.6. The highest BCUT2D eigenvalue weighted by molar-refractivity contribution is 5.93. The number of hydrogen-bond acceptors (Lipinski definition) is 3. The van der Waals surface area contributed by atoms with Gasteiger partial charge in [-0.2, -0.15) is 0 Å². The van der Waals surface area contributed by atoms with Gasteiger partial charge in [-0.05, 0) is 48.3 Å². The van der Waals surface area contributed by atoms with E-state index in [-0.39, 0.29) is 34.2 Å². The van der Waals surface area contributed by atoms with Gasteiger partial charge in [0.1, 0.15) is 18.0 Å². The Labute approximate surface area is 163 Å². The van der Waals surface area contributed by atoms with Crippen molar-refractivity contribution < 1.29 is 14.3 Å². The molecule has 2 heterocycles. The molecule has 0 aromatic carbocycles.